The van der Waals surface area contributed by atoms with Crippen molar-refractivity contribution < 1.29 is 4.74 Å². The molecule has 1 atom stereocenters. The molecule has 4 heteroatoms. The molecule has 3 nitrogen and oxygen atoms in total. The molecule has 0 aliphatic carbocycles. The van der Waals surface area contributed by atoms with Crippen molar-refractivity contribution in [2.45, 2.75) is 19.9 Å². The summed E-state index contributed by atoms with van der Waals surface area (Å²) in [5, 5.41) is 3.46. The maximum atomic E-state index is 5.33. The summed E-state index contributed by atoms with van der Waals surface area (Å²) in [7, 11) is 1.65. The first kappa shape index (κ1) is 13.9. The summed E-state index contributed by atoms with van der Waals surface area (Å²) < 4.78 is 6.41. The molecule has 2 aromatic rings. The zero-order chi connectivity index (χ0) is 13.8. The van der Waals surface area contributed by atoms with Crippen LogP contribution in [0.4, 0.5) is 5.69 Å². The normalized spacial score (nSPS) is 12.0. The van der Waals surface area contributed by atoms with Crippen molar-refractivity contribution in [1.29, 1.82) is 0 Å². The van der Waals surface area contributed by atoms with E-state index in [1.165, 1.54) is 5.56 Å². The quantitative estimate of drug-likeness (QED) is 0.910. The molecule has 19 heavy (non-hydrogen) atoms. The molecule has 0 amide bonds. The van der Waals surface area contributed by atoms with Gasteiger partial charge in [0.25, 0.3) is 0 Å². The summed E-state index contributed by atoms with van der Waals surface area (Å²) in [4.78, 5) is 4.23. The molecule has 1 aromatic carbocycles. The van der Waals surface area contributed by atoms with Gasteiger partial charge in [-0.2, -0.15) is 0 Å². The lowest BCUT2D eigenvalue weighted by Crippen LogP contribution is -2.08. The summed E-state index contributed by atoms with van der Waals surface area (Å²) >= 11 is 3.49. The fourth-order valence-electron chi connectivity index (χ4n) is 1.92. The molecule has 1 N–H and O–H groups in total. The van der Waals surface area contributed by atoms with Crippen LogP contribution in [0.25, 0.3) is 0 Å². The number of anilines is 1. The van der Waals surface area contributed by atoms with Gasteiger partial charge in [0.1, 0.15) is 0 Å². The van der Waals surface area contributed by atoms with E-state index >= 15 is 0 Å². The summed E-state index contributed by atoms with van der Waals surface area (Å²) in [6.07, 6.45) is 1.74. The first-order chi connectivity index (χ1) is 9.10. The zero-order valence-corrected chi connectivity index (χ0v) is 12.9. The van der Waals surface area contributed by atoms with Gasteiger partial charge in [0.2, 0.25) is 0 Å². The molecular formula is C15H17BrN2O. The highest BCUT2D eigenvalue weighted by Gasteiger charge is 2.10. The van der Waals surface area contributed by atoms with E-state index in [9.17, 15) is 0 Å². The van der Waals surface area contributed by atoms with Gasteiger partial charge in [0, 0.05) is 16.2 Å². The van der Waals surface area contributed by atoms with E-state index in [2.05, 4.69) is 45.3 Å². The Labute approximate surface area is 122 Å². The largest absolute Gasteiger partial charge is 0.493 e. The number of halogens is 1. The van der Waals surface area contributed by atoms with E-state index in [0.717, 1.165) is 21.6 Å². The molecule has 0 saturated carbocycles. The highest BCUT2D eigenvalue weighted by molar-refractivity contribution is 9.10. The van der Waals surface area contributed by atoms with Crippen molar-refractivity contribution in [3.05, 3.63) is 52.3 Å². The van der Waals surface area contributed by atoms with Gasteiger partial charge in [0.05, 0.1) is 19.0 Å². The molecule has 1 aromatic heterocycles. The van der Waals surface area contributed by atoms with Gasteiger partial charge in [-0.25, -0.2) is 0 Å². The van der Waals surface area contributed by atoms with Crippen LogP contribution in [0.1, 0.15) is 24.2 Å². The van der Waals surface area contributed by atoms with Gasteiger partial charge in [0.15, 0.2) is 5.75 Å². The molecule has 2 rings (SSSR count). The number of nitrogens with zero attached hydrogens (tertiary/aromatic N) is 1. The van der Waals surface area contributed by atoms with Crippen LogP contribution >= 0.6 is 15.9 Å². The number of pyridine rings is 1. The maximum absolute atomic E-state index is 5.33. The molecule has 0 fully saturated rings. The van der Waals surface area contributed by atoms with Crippen LogP contribution < -0.4 is 10.1 Å². The topological polar surface area (TPSA) is 34.1 Å². The van der Waals surface area contributed by atoms with Crippen molar-refractivity contribution in [2.75, 3.05) is 12.4 Å². The van der Waals surface area contributed by atoms with Crippen LogP contribution in [0.15, 0.2) is 41.0 Å². The van der Waals surface area contributed by atoms with E-state index in [1.807, 2.05) is 25.1 Å². The third-order valence-electron chi connectivity index (χ3n) is 2.94. The molecule has 0 radical (unpaired) electrons. The molecule has 100 valence electrons. The molecule has 0 saturated heterocycles. The number of hydrogen-bond donors (Lipinski definition) is 1. The minimum Gasteiger partial charge on any atom is -0.493 e. The fraction of sp³-hybridized carbons (Fsp3) is 0.267. The molecule has 0 aliphatic rings. The van der Waals surface area contributed by atoms with Gasteiger partial charge in [-0.3, -0.25) is 4.98 Å². The fourth-order valence-corrected chi connectivity index (χ4v) is 2.33. The number of hydrogen-bond acceptors (Lipinski definition) is 3. The third-order valence-corrected chi connectivity index (χ3v) is 3.44. The second-order valence-electron chi connectivity index (χ2n) is 4.45. The van der Waals surface area contributed by atoms with Crippen molar-refractivity contribution >= 4 is 21.6 Å². The van der Waals surface area contributed by atoms with Crippen molar-refractivity contribution in [3.63, 3.8) is 0 Å². The van der Waals surface area contributed by atoms with Gasteiger partial charge >= 0.3 is 0 Å². The molecule has 0 spiro atoms. The van der Waals surface area contributed by atoms with Crippen LogP contribution in [0.5, 0.6) is 5.75 Å². The molecule has 1 heterocycles. The summed E-state index contributed by atoms with van der Waals surface area (Å²) in [6.45, 7) is 4.09. The average molecular weight is 321 g/mol. The molecular weight excluding hydrogens is 304 g/mol. The third kappa shape index (κ3) is 3.47. The Kier molecular flexibility index (Phi) is 4.43. The van der Waals surface area contributed by atoms with Gasteiger partial charge in [-0.1, -0.05) is 28.1 Å². The molecule has 0 bridgehead atoms. The minimum absolute atomic E-state index is 0.188. The Morgan fingerprint density at radius 3 is 2.79 bits per heavy atom. The Balaban J connectivity index is 2.23. The van der Waals surface area contributed by atoms with E-state index in [1.54, 1.807) is 13.3 Å². The number of nitrogens with one attached hydrogen (secondary N) is 1. The second-order valence-corrected chi connectivity index (χ2v) is 5.36. The van der Waals surface area contributed by atoms with Crippen molar-refractivity contribution in [3.8, 4) is 5.75 Å². The number of aromatic nitrogens is 1. The highest BCUT2D eigenvalue weighted by atomic mass is 79.9. The van der Waals surface area contributed by atoms with Crippen LogP contribution in [-0.2, 0) is 0 Å². The van der Waals surface area contributed by atoms with Crippen LogP contribution in [0, 0.1) is 6.92 Å². The Morgan fingerprint density at radius 1 is 1.32 bits per heavy atom. The van der Waals surface area contributed by atoms with E-state index in [4.69, 9.17) is 4.74 Å². The second kappa shape index (κ2) is 6.06. The van der Waals surface area contributed by atoms with Gasteiger partial charge < -0.3 is 10.1 Å². The lowest BCUT2D eigenvalue weighted by Gasteiger charge is -2.18. The number of methoxy groups -OCH3 is 1. The van der Waals surface area contributed by atoms with E-state index in [-0.39, 0.29) is 6.04 Å². The molecule has 0 aliphatic heterocycles. The van der Waals surface area contributed by atoms with Gasteiger partial charge in [-0.05, 0) is 37.6 Å². The van der Waals surface area contributed by atoms with Crippen LogP contribution in [-0.4, -0.2) is 12.1 Å². The lowest BCUT2D eigenvalue weighted by atomic mass is 10.1. The smallest absolute Gasteiger partial charge is 0.160 e. The Morgan fingerprint density at radius 2 is 2.11 bits per heavy atom. The Hall–Kier alpha value is -1.55. The van der Waals surface area contributed by atoms with Gasteiger partial charge in [-0.15, -0.1) is 0 Å². The monoisotopic (exact) mass is 320 g/mol. The number of benzene rings is 1. The average Bonchev–Trinajstić information content (AvgIpc) is 2.39. The molecule has 1 unspecified atom stereocenters. The zero-order valence-electron chi connectivity index (χ0n) is 11.3. The highest BCUT2D eigenvalue weighted by Crippen LogP contribution is 2.28. The Bertz CT molecular complexity index is 572. The standard InChI is InChI=1S/C15H17BrN2O/c1-10-7-14(15(19-3)9-17-10)18-11(2)12-5-4-6-13(16)8-12/h4-9,11H,1-3H3,(H,17,18). The first-order valence-electron chi connectivity index (χ1n) is 6.13. The van der Waals surface area contributed by atoms with E-state index < -0.39 is 0 Å². The van der Waals surface area contributed by atoms with Crippen molar-refractivity contribution in [1.82, 2.24) is 4.98 Å². The summed E-state index contributed by atoms with van der Waals surface area (Å²) in [5.74, 6) is 0.757. The summed E-state index contributed by atoms with van der Waals surface area (Å²) in [6, 6.07) is 10.4. The number of aryl methyl sites for hydroxylation is 1. The van der Waals surface area contributed by atoms with E-state index in [0.29, 0.717) is 0 Å². The minimum atomic E-state index is 0.188. The predicted octanol–water partition coefficient (Wildman–Crippen LogP) is 4.33. The van der Waals surface area contributed by atoms with Crippen LogP contribution in [0.3, 0.4) is 0 Å². The summed E-state index contributed by atoms with van der Waals surface area (Å²) in [5.41, 5.74) is 3.14. The first-order valence-corrected chi connectivity index (χ1v) is 6.92. The van der Waals surface area contributed by atoms with Crippen molar-refractivity contribution in [2.24, 2.45) is 0 Å². The SMILES string of the molecule is COc1cnc(C)cc1NC(C)c1cccc(Br)c1. The van der Waals surface area contributed by atoms with Crippen LogP contribution in [0.2, 0.25) is 0 Å². The maximum Gasteiger partial charge on any atom is 0.160 e. The number of rotatable bonds is 4. The number of ether oxygens (including phenoxy) is 1. The lowest BCUT2D eigenvalue weighted by molar-refractivity contribution is 0.414. The predicted molar refractivity (Wildman–Crippen MR) is 81.7 cm³/mol.